The van der Waals surface area contributed by atoms with Crippen LogP contribution in [0.4, 0.5) is 4.79 Å². The molecule has 1 fully saturated rings. The van der Waals surface area contributed by atoms with Crippen LogP contribution in [0, 0.1) is 0 Å². The minimum atomic E-state index is -1.61. The summed E-state index contributed by atoms with van der Waals surface area (Å²) in [4.78, 5) is 24.5. The third-order valence-corrected chi connectivity index (χ3v) is 3.47. The Hall–Kier alpha value is -3.18. The van der Waals surface area contributed by atoms with Crippen LogP contribution in [-0.4, -0.2) is 56.8 Å². The van der Waals surface area contributed by atoms with Gasteiger partial charge in [0.15, 0.2) is 18.1 Å². The Morgan fingerprint density at radius 2 is 2.00 bits per heavy atom. The first-order valence-corrected chi connectivity index (χ1v) is 6.80. The van der Waals surface area contributed by atoms with Crippen LogP contribution in [0.15, 0.2) is 24.3 Å². The fourth-order valence-corrected chi connectivity index (χ4v) is 2.31. The van der Waals surface area contributed by atoms with Crippen LogP contribution in [0.3, 0.4) is 0 Å². The number of benzene rings is 1. The Kier molecular flexibility index (Phi) is 3.79. The van der Waals surface area contributed by atoms with Gasteiger partial charge in [-0.05, 0) is 29.5 Å². The minimum absolute atomic E-state index is 0.0912. The number of ether oxygens (including phenoxy) is 1. The van der Waals surface area contributed by atoms with E-state index in [0.29, 0.717) is 11.3 Å². The van der Waals surface area contributed by atoms with E-state index in [9.17, 15) is 19.8 Å². The molecule has 0 aliphatic carbocycles. The van der Waals surface area contributed by atoms with Crippen molar-refractivity contribution in [1.29, 1.82) is 0 Å². The average molecular weight is 334 g/mol. The normalized spacial score (nSPS) is 20.1. The summed E-state index contributed by atoms with van der Waals surface area (Å²) in [6.07, 6.45) is -3.13. The quantitative estimate of drug-likeness (QED) is 0.522. The number of primary amides is 1. The topological polar surface area (TPSA) is 156 Å². The molecule has 0 spiro atoms. The summed E-state index contributed by atoms with van der Waals surface area (Å²) in [5, 5.41) is 29.7. The number of carbonyl (C=O) groups excluding carboxylic acids is 2. The number of aromatic nitrogens is 3. The van der Waals surface area contributed by atoms with E-state index < -0.39 is 24.4 Å². The van der Waals surface area contributed by atoms with Gasteiger partial charge in [0.25, 0.3) is 5.91 Å². The number of amides is 3. The molecule has 0 radical (unpaired) electrons. The van der Waals surface area contributed by atoms with Gasteiger partial charge in [0.05, 0.1) is 7.11 Å². The maximum atomic E-state index is 11.9. The molecule has 0 saturated carbocycles. The maximum absolute atomic E-state index is 11.9. The zero-order valence-corrected chi connectivity index (χ0v) is 12.4. The molecular formula is C13H14N6O5. The number of aliphatic hydroxyl groups is 2. The van der Waals surface area contributed by atoms with Crippen LogP contribution in [0.25, 0.3) is 11.3 Å². The monoisotopic (exact) mass is 334 g/mol. The van der Waals surface area contributed by atoms with Gasteiger partial charge in [-0.15, -0.1) is 9.89 Å². The molecule has 2 aromatic rings. The molecule has 2 atom stereocenters. The zero-order chi connectivity index (χ0) is 17.4. The van der Waals surface area contributed by atoms with Crippen LogP contribution >= 0.6 is 0 Å². The van der Waals surface area contributed by atoms with E-state index in [-0.39, 0.29) is 11.4 Å². The summed E-state index contributed by atoms with van der Waals surface area (Å²) in [6, 6.07) is 5.67. The molecule has 5 N–H and O–H groups in total. The van der Waals surface area contributed by atoms with E-state index in [2.05, 4.69) is 15.6 Å². The number of hydrogen-bond donors (Lipinski definition) is 4. The predicted molar refractivity (Wildman–Crippen MR) is 79.3 cm³/mol. The van der Waals surface area contributed by atoms with Crippen molar-refractivity contribution in [2.24, 2.45) is 5.73 Å². The second-order valence-electron chi connectivity index (χ2n) is 4.92. The number of nitrogens with one attached hydrogen (secondary N) is 1. The van der Waals surface area contributed by atoms with Crippen LogP contribution in [0.1, 0.15) is 10.5 Å². The summed E-state index contributed by atoms with van der Waals surface area (Å²) in [5.41, 5.74) is 5.66. The highest BCUT2D eigenvalue weighted by molar-refractivity contribution is 5.97. The Labute approximate surface area is 135 Å². The van der Waals surface area contributed by atoms with Gasteiger partial charge in [-0.1, -0.05) is 0 Å². The molecule has 1 aromatic heterocycles. The Bertz CT molecular complexity index is 789. The van der Waals surface area contributed by atoms with Crippen molar-refractivity contribution >= 4 is 11.9 Å². The molecule has 1 saturated heterocycles. The lowest BCUT2D eigenvalue weighted by molar-refractivity contribution is 0.0229. The first-order valence-electron chi connectivity index (χ1n) is 6.80. The lowest BCUT2D eigenvalue weighted by atomic mass is 10.1. The molecule has 24 heavy (non-hydrogen) atoms. The average Bonchev–Trinajstić information content (AvgIpc) is 3.09. The third kappa shape index (κ3) is 2.41. The van der Waals surface area contributed by atoms with Crippen molar-refractivity contribution in [1.82, 2.24) is 20.4 Å². The highest BCUT2D eigenvalue weighted by Crippen LogP contribution is 2.26. The van der Waals surface area contributed by atoms with Crippen LogP contribution in [0.5, 0.6) is 5.75 Å². The van der Waals surface area contributed by atoms with Crippen molar-refractivity contribution in [3.63, 3.8) is 0 Å². The van der Waals surface area contributed by atoms with Crippen molar-refractivity contribution in [3.8, 4) is 17.0 Å². The smallest absolute Gasteiger partial charge is 0.342 e. The molecular weight excluding hydrogens is 320 g/mol. The van der Waals surface area contributed by atoms with Gasteiger partial charge >= 0.3 is 6.03 Å². The summed E-state index contributed by atoms with van der Waals surface area (Å²) in [6.45, 7) is 0. The molecule has 1 aromatic carbocycles. The maximum Gasteiger partial charge on any atom is 0.342 e. The first kappa shape index (κ1) is 15.7. The highest BCUT2D eigenvalue weighted by atomic mass is 16.5. The molecule has 3 amide bonds. The van der Waals surface area contributed by atoms with E-state index >= 15 is 0 Å². The van der Waals surface area contributed by atoms with Gasteiger partial charge in [-0.2, -0.15) is 5.01 Å². The lowest BCUT2D eigenvalue weighted by Crippen LogP contribution is -2.45. The van der Waals surface area contributed by atoms with E-state index in [4.69, 9.17) is 10.5 Å². The zero-order valence-electron chi connectivity index (χ0n) is 12.4. The van der Waals surface area contributed by atoms with Gasteiger partial charge in [0, 0.05) is 5.56 Å². The first-order chi connectivity index (χ1) is 11.4. The Morgan fingerprint density at radius 1 is 1.33 bits per heavy atom. The van der Waals surface area contributed by atoms with Gasteiger partial charge < -0.3 is 26.0 Å². The van der Waals surface area contributed by atoms with E-state index in [1.165, 1.54) is 7.11 Å². The van der Waals surface area contributed by atoms with Crippen molar-refractivity contribution in [2.75, 3.05) is 12.1 Å². The summed E-state index contributed by atoms with van der Waals surface area (Å²) in [7, 11) is 1.50. The predicted octanol–water partition coefficient (Wildman–Crippen LogP) is -1.65. The Balaban J connectivity index is 2.14. The molecule has 0 unspecified atom stereocenters. The van der Waals surface area contributed by atoms with Crippen molar-refractivity contribution in [3.05, 3.63) is 30.0 Å². The SMILES string of the molecule is COc1ccc(-c2c(C(N)=O)nnn2N2C(=O)N[C@@H](O)[C@H]2O)cc1. The number of aliphatic hydroxyl groups excluding tert-OH is 2. The Morgan fingerprint density at radius 3 is 2.50 bits per heavy atom. The van der Waals surface area contributed by atoms with Crippen molar-refractivity contribution < 1.29 is 24.5 Å². The molecule has 126 valence electrons. The summed E-state index contributed by atoms with van der Waals surface area (Å²) >= 11 is 0. The fourth-order valence-electron chi connectivity index (χ4n) is 2.31. The lowest BCUT2D eigenvalue weighted by Gasteiger charge is -2.20. The van der Waals surface area contributed by atoms with E-state index in [0.717, 1.165) is 9.80 Å². The second kappa shape index (κ2) is 5.79. The standard InChI is InChI=1S/C13H14N6O5/c1-24-7-4-2-6(3-5-7)9-8(10(14)20)16-17-19(9)18-12(22)11(21)15-13(18)23/h2-5,11-12,21-22H,1H3,(H2,14,20)(H,15,23)/t11-,12+/m0/s1. The summed E-state index contributed by atoms with van der Waals surface area (Å²) in [5.74, 6) is -0.283. The van der Waals surface area contributed by atoms with Gasteiger partial charge in [-0.3, -0.25) is 4.79 Å². The number of nitrogens with zero attached hydrogens (tertiary/aromatic N) is 4. The molecule has 3 rings (SSSR count). The van der Waals surface area contributed by atoms with E-state index in [1.54, 1.807) is 24.3 Å². The van der Waals surface area contributed by atoms with Crippen LogP contribution in [-0.2, 0) is 0 Å². The third-order valence-electron chi connectivity index (χ3n) is 3.47. The van der Waals surface area contributed by atoms with E-state index in [1.807, 2.05) is 0 Å². The highest BCUT2D eigenvalue weighted by Gasteiger charge is 2.41. The van der Waals surface area contributed by atoms with Gasteiger partial charge in [0.2, 0.25) is 0 Å². The number of hydrogen-bond acceptors (Lipinski definition) is 7. The number of carbonyl (C=O) groups is 2. The molecule has 0 bridgehead atoms. The molecule has 2 heterocycles. The molecule has 1 aliphatic heterocycles. The number of urea groups is 1. The summed E-state index contributed by atoms with van der Waals surface area (Å²) < 4.78 is 5.07. The van der Waals surface area contributed by atoms with Gasteiger partial charge in [0.1, 0.15) is 11.4 Å². The van der Waals surface area contributed by atoms with Crippen LogP contribution < -0.4 is 20.8 Å². The molecule has 11 nitrogen and oxygen atoms in total. The second-order valence-corrected chi connectivity index (χ2v) is 4.92. The molecule has 1 aliphatic rings. The minimum Gasteiger partial charge on any atom is -0.497 e. The molecule has 11 heteroatoms. The number of nitrogens with two attached hydrogens (primary N) is 1. The van der Waals surface area contributed by atoms with Gasteiger partial charge in [-0.25, -0.2) is 4.79 Å². The number of rotatable bonds is 4. The largest absolute Gasteiger partial charge is 0.497 e. The van der Waals surface area contributed by atoms with Crippen molar-refractivity contribution in [2.45, 2.75) is 12.5 Å². The van der Waals surface area contributed by atoms with Crippen LogP contribution in [0.2, 0.25) is 0 Å². The number of methoxy groups -OCH3 is 1. The fraction of sp³-hybridized carbons (Fsp3) is 0.231.